The molecule has 0 unspecified atom stereocenters. The topological polar surface area (TPSA) is 79.9 Å². The van der Waals surface area contributed by atoms with Crippen molar-refractivity contribution in [3.05, 3.63) is 0 Å². The highest BCUT2D eigenvalue weighted by atomic mass is 16.5. The summed E-state index contributed by atoms with van der Waals surface area (Å²) in [6.07, 6.45) is 2.08. The minimum Gasteiger partial charge on any atom is -0.381 e. The lowest BCUT2D eigenvalue weighted by atomic mass is 9.96. The summed E-state index contributed by atoms with van der Waals surface area (Å²) in [5.41, 5.74) is 0. The fourth-order valence-corrected chi connectivity index (χ4v) is 3.50. The molecule has 3 heterocycles. The van der Waals surface area contributed by atoms with Gasteiger partial charge in [-0.05, 0) is 12.8 Å². The average Bonchev–Trinajstić information content (AvgIpc) is 3.20. The number of nitrogens with zero attached hydrogens (tertiary/aromatic N) is 1. The van der Waals surface area contributed by atoms with Crippen LogP contribution in [0.15, 0.2) is 0 Å². The Morgan fingerprint density at radius 1 is 1.27 bits per heavy atom. The van der Waals surface area contributed by atoms with Crippen molar-refractivity contribution in [2.45, 2.75) is 31.3 Å². The Labute approximate surface area is 130 Å². The minimum absolute atomic E-state index is 0.0333. The Morgan fingerprint density at radius 2 is 2.09 bits per heavy atom. The summed E-state index contributed by atoms with van der Waals surface area (Å²) in [4.78, 5) is 25.8. The first kappa shape index (κ1) is 15.7. The molecule has 2 amide bonds. The zero-order chi connectivity index (χ0) is 15.4. The number of morpholine rings is 1. The van der Waals surface area contributed by atoms with Gasteiger partial charge in [-0.25, -0.2) is 0 Å². The molecular weight excluding hydrogens is 286 g/mol. The van der Waals surface area contributed by atoms with Crippen LogP contribution in [-0.2, 0) is 19.1 Å². The highest BCUT2D eigenvalue weighted by Gasteiger charge is 2.33. The zero-order valence-corrected chi connectivity index (χ0v) is 12.9. The molecule has 3 aliphatic rings. The first-order valence-electron chi connectivity index (χ1n) is 8.20. The van der Waals surface area contributed by atoms with Crippen LogP contribution < -0.4 is 10.6 Å². The molecule has 0 aromatic heterocycles. The molecule has 7 heteroatoms. The molecule has 3 atom stereocenters. The van der Waals surface area contributed by atoms with Crippen molar-refractivity contribution in [1.82, 2.24) is 15.5 Å². The van der Waals surface area contributed by atoms with E-state index in [2.05, 4.69) is 15.5 Å². The third-order valence-electron chi connectivity index (χ3n) is 4.82. The van der Waals surface area contributed by atoms with Gasteiger partial charge in [0.05, 0.1) is 19.8 Å². The van der Waals surface area contributed by atoms with E-state index in [9.17, 15) is 9.59 Å². The van der Waals surface area contributed by atoms with Crippen molar-refractivity contribution in [3.63, 3.8) is 0 Å². The van der Waals surface area contributed by atoms with Crippen molar-refractivity contribution in [2.24, 2.45) is 5.92 Å². The van der Waals surface area contributed by atoms with Crippen LogP contribution in [0, 0.1) is 5.92 Å². The maximum absolute atomic E-state index is 12.2. The summed E-state index contributed by atoms with van der Waals surface area (Å²) in [5.74, 6) is 0.355. The maximum atomic E-state index is 12.2. The molecule has 2 N–H and O–H groups in total. The zero-order valence-electron chi connectivity index (χ0n) is 12.9. The van der Waals surface area contributed by atoms with Crippen molar-refractivity contribution >= 4 is 11.8 Å². The van der Waals surface area contributed by atoms with E-state index >= 15 is 0 Å². The number of hydrogen-bond donors (Lipinski definition) is 2. The monoisotopic (exact) mass is 311 g/mol. The molecule has 3 saturated heterocycles. The van der Waals surface area contributed by atoms with Crippen LogP contribution in [0.4, 0.5) is 0 Å². The molecule has 0 radical (unpaired) electrons. The highest BCUT2D eigenvalue weighted by molar-refractivity contribution is 5.90. The van der Waals surface area contributed by atoms with E-state index in [0.29, 0.717) is 25.3 Å². The predicted octanol–water partition coefficient (Wildman–Crippen LogP) is -0.881. The molecule has 0 aromatic rings. The van der Waals surface area contributed by atoms with Crippen LogP contribution >= 0.6 is 0 Å². The normalized spacial score (nSPS) is 31.0. The molecule has 0 aromatic carbocycles. The van der Waals surface area contributed by atoms with Crippen LogP contribution in [0.25, 0.3) is 0 Å². The van der Waals surface area contributed by atoms with E-state index in [1.807, 2.05) is 0 Å². The van der Waals surface area contributed by atoms with E-state index in [4.69, 9.17) is 9.47 Å². The van der Waals surface area contributed by atoms with Crippen molar-refractivity contribution in [3.8, 4) is 0 Å². The van der Waals surface area contributed by atoms with E-state index in [1.165, 1.54) is 0 Å². The Balaban J connectivity index is 1.54. The smallest absolute Gasteiger partial charge is 0.242 e. The van der Waals surface area contributed by atoms with Gasteiger partial charge in [-0.2, -0.15) is 0 Å². The molecule has 3 fully saturated rings. The van der Waals surface area contributed by atoms with Crippen LogP contribution in [0.5, 0.6) is 0 Å². The summed E-state index contributed by atoms with van der Waals surface area (Å²) in [6, 6.07) is -0.0786. The third kappa shape index (κ3) is 3.77. The molecule has 124 valence electrons. The molecule has 22 heavy (non-hydrogen) atoms. The number of carbonyl (C=O) groups is 2. The fraction of sp³-hybridized carbons (Fsp3) is 0.867. The lowest BCUT2D eigenvalue weighted by Gasteiger charge is -2.37. The second kappa shape index (κ2) is 7.39. The van der Waals surface area contributed by atoms with Gasteiger partial charge in [0, 0.05) is 44.6 Å². The Kier molecular flexibility index (Phi) is 5.28. The molecule has 0 bridgehead atoms. The van der Waals surface area contributed by atoms with Gasteiger partial charge in [-0.1, -0.05) is 0 Å². The summed E-state index contributed by atoms with van der Waals surface area (Å²) in [7, 11) is 0. The van der Waals surface area contributed by atoms with E-state index in [-0.39, 0.29) is 23.9 Å². The van der Waals surface area contributed by atoms with E-state index < -0.39 is 0 Å². The van der Waals surface area contributed by atoms with E-state index in [0.717, 1.165) is 45.9 Å². The second-order valence-corrected chi connectivity index (χ2v) is 6.24. The molecule has 7 nitrogen and oxygen atoms in total. The fourth-order valence-electron chi connectivity index (χ4n) is 3.50. The second-order valence-electron chi connectivity index (χ2n) is 6.24. The Morgan fingerprint density at radius 3 is 2.73 bits per heavy atom. The predicted molar refractivity (Wildman–Crippen MR) is 79.3 cm³/mol. The maximum Gasteiger partial charge on any atom is 0.242 e. The number of nitrogens with one attached hydrogen (secondary N) is 2. The largest absolute Gasteiger partial charge is 0.381 e. The van der Waals surface area contributed by atoms with Gasteiger partial charge in [-0.3, -0.25) is 14.5 Å². The first-order valence-corrected chi connectivity index (χ1v) is 8.20. The summed E-state index contributed by atoms with van der Waals surface area (Å²) in [6.45, 7) is 5.47. The average molecular weight is 311 g/mol. The van der Waals surface area contributed by atoms with Crippen molar-refractivity contribution in [2.75, 3.05) is 46.1 Å². The molecule has 3 rings (SSSR count). The van der Waals surface area contributed by atoms with Crippen LogP contribution in [0.1, 0.15) is 19.3 Å². The van der Waals surface area contributed by atoms with Crippen LogP contribution in [0.3, 0.4) is 0 Å². The summed E-state index contributed by atoms with van der Waals surface area (Å²) in [5, 5.41) is 5.74. The van der Waals surface area contributed by atoms with Gasteiger partial charge < -0.3 is 20.1 Å². The van der Waals surface area contributed by atoms with Gasteiger partial charge in [0.1, 0.15) is 6.04 Å². The first-order chi connectivity index (χ1) is 10.7. The molecular formula is C15H25N3O4. The standard InChI is InChI=1S/C15H25N3O4/c19-14-2-1-12(17-14)15(20)16-9-13(11-3-6-22-10-11)18-4-7-21-8-5-18/h11-13H,1-10H2,(H,16,20)(H,17,19)/t11-,12-,13+/m1/s1. The molecule has 0 saturated carbocycles. The van der Waals surface area contributed by atoms with Crippen LogP contribution in [0.2, 0.25) is 0 Å². The number of rotatable bonds is 5. The summed E-state index contributed by atoms with van der Waals surface area (Å²) < 4.78 is 10.9. The number of hydrogen-bond acceptors (Lipinski definition) is 5. The minimum atomic E-state index is -0.363. The molecule has 3 aliphatic heterocycles. The lowest BCUT2D eigenvalue weighted by molar-refractivity contribution is -0.126. The number of ether oxygens (including phenoxy) is 2. The van der Waals surface area contributed by atoms with Gasteiger partial charge in [0.15, 0.2) is 0 Å². The van der Waals surface area contributed by atoms with Gasteiger partial charge >= 0.3 is 0 Å². The van der Waals surface area contributed by atoms with E-state index in [1.54, 1.807) is 0 Å². The lowest BCUT2D eigenvalue weighted by Crippen LogP contribution is -2.54. The highest BCUT2D eigenvalue weighted by Crippen LogP contribution is 2.22. The van der Waals surface area contributed by atoms with Gasteiger partial charge in [0.25, 0.3) is 0 Å². The number of carbonyl (C=O) groups excluding carboxylic acids is 2. The Bertz CT molecular complexity index is 406. The SMILES string of the molecule is O=C1CC[C@H](C(=O)NC[C@@H]([C@@H]2CCOC2)N2CCOCC2)N1. The molecule has 0 spiro atoms. The third-order valence-corrected chi connectivity index (χ3v) is 4.82. The number of amides is 2. The van der Waals surface area contributed by atoms with Crippen molar-refractivity contribution < 1.29 is 19.1 Å². The van der Waals surface area contributed by atoms with Crippen molar-refractivity contribution in [1.29, 1.82) is 0 Å². The van der Waals surface area contributed by atoms with Crippen LogP contribution in [-0.4, -0.2) is 74.9 Å². The molecule has 0 aliphatic carbocycles. The summed E-state index contributed by atoms with van der Waals surface area (Å²) >= 11 is 0. The Hall–Kier alpha value is -1.18. The van der Waals surface area contributed by atoms with Gasteiger partial charge in [0.2, 0.25) is 11.8 Å². The van der Waals surface area contributed by atoms with Gasteiger partial charge in [-0.15, -0.1) is 0 Å². The quantitative estimate of drug-likeness (QED) is 0.689.